The van der Waals surface area contributed by atoms with Gasteiger partial charge < -0.3 is 0 Å². The molecule has 14 rings (SSSR count). The standard InChI is InChI=1S/C17H21N3O.C17H24N2O.3C16H21ClN2O.C16H21FN2O.C16H22N2O/c1-16(2,3)15-19-12-9-7-8-11(10-18)13(12)14(21)20(15)17(4,5)6;1-11-9-8-10-12-13(11)14(20)19(17(5,6)7)15(18-12)16(2,3)4;1-15(2,3)14-18-12-8-7-10(17)9-11(12)13(20)19(14)16(4,5)6;1-15(2,3)14-18-12-9-10(17)7-8-11(12)13(20)19(14)16(4,5)6;2*1-15(2,3)14-18-11-9-7-8-10(17)12(11)13(20)19(14)16(4,5)6;1-15(2,3)14-17-12-10-8-7-9-11(12)13(19)18(14)16(4,5)6/h7-9H,1-6H3;8-10H,1-7H3;4*7-9H,1-6H3;7-10H,1-6H3. The summed E-state index contributed by atoms with van der Waals surface area (Å²) in [5.41, 5.74) is 1.51. The summed E-state index contributed by atoms with van der Waals surface area (Å²) < 4.78 is 26.3. The molecular weight excluding hydrogens is 1820 g/mol. The number of rotatable bonds is 0. The molecule has 752 valence electrons. The number of para-hydroxylation sites is 1. The lowest BCUT2D eigenvalue weighted by Crippen LogP contribution is -2.41. The third-order valence-electron chi connectivity index (χ3n) is 22.6. The van der Waals surface area contributed by atoms with Crippen LogP contribution in [0.3, 0.4) is 0 Å². The largest absolute Gasteiger partial charge is 0.290 e. The highest BCUT2D eigenvalue weighted by molar-refractivity contribution is 6.35. The number of nitriles is 1. The van der Waals surface area contributed by atoms with Crippen molar-refractivity contribution >= 4 is 111 Å². The van der Waals surface area contributed by atoms with Crippen molar-refractivity contribution in [3.05, 3.63) is 279 Å². The quantitative estimate of drug-likeness (QED) is 0.137. The lowest BCUT2D eigenvalue weighted by atomic mass is 9.92. The number of halogens is 4. The molecule has 0 radical (unpaired) electrons. The molecule has 0 aliphatic carbocycles. The predicted octanol–water partition coefficient (Wildman–Crippen LogP) is 26.4. The van der Waals surface area contributed by atoms with Crippen molar-refractivity contribution in [3.8, 4) is 6.07 Å². The van der Waals surface area contributed by atoms with E-state index in [0.717, 1.165) is 56.9 Å². The lowest BCUT2D eigenvalue weighted by Gasteiger charge is -2.31. The third-order valence-corrected chi connectivity index (χ3v) is 23.4. The van der Waals surface area contributed by atoms with E-state index in [1.165, 1.54) is 6.07 Å². The first kappa shape index (κ1) is 114. The van der Waals surface area contributed by atoms with E-state index in [9.17, 15) is 43.2 Å². The van der Waals surface area contributed by atoms with Gasteiger partial charge in [-0.15, -0.1) is 0 Å². The maximum absolute atomic E-state index is 14.0. The Morgan fingerprint density at radius 3 is 0.864 bits per heavy atom. The fourth-order valence-electron chi connectivity index (χ4n) is 16.4. The summed E-state index contributed by atoms with van der Waals surface area (Å²) in [7, 11) is 0. The second-order valence-corrected chi connectivity index (χ2v) is 51.6. The molecule has 22 nitrogen and oxygen atoms in total. The highest BCUT2D eigenvalue weighted by Crippen LogP contribution is 2.36. The van der Waals surface area contributed by atoms with Crippen LogP contribution in [-0.4, -0.2) is 66.9 Å². The lowest BCUT2D eigenvalue weighted by molar-refractivity contribution is 0.337. The summed E-state index contributed by atoms with van der Waals surface area (Å²) in [5.74, 6) is 4.94. The number of fused-ring (bicyclic) bond motifs is 7. The van der Waals surface area contributed by atoms with E-state index in [0.29, 0.717) is 81.0 Å². The normalized spacial score (nSPS) is 12.9. The Hall–Kier alpha value is -11.2. The van der Waals surface area contributed by atoms with Crippen LogP contribution in [0.2, 0.25) is 15.1 Å². The van der Waals surface area contributed by atoms with Gasteiger partial charge in [-0.3, -0.25) is 65.5 Å². The average molecular weight is 1970 g/mol. The van der Waals surface area contributed by atoms with E-state index in [-0.39, 0.29) is 110 Å². The second-order valence-electron chi connectivity index (χ2n) is 50.4. The second kappa shape index (κ2) is 40.3. The molecule has 0 atom stereocenters. The molecule has 7 aromatic heterocycles. The Morgan fingerprint density at radius 2 is 0.500 bits per heavy atom. The van der Waals surface area contributed by atoms with E-state index in [1.807, 2.05) is 237 Å². The Balaban J connectivity index is 0.000000200. The highest BCUT2D eigenvalue weighted by Gasteiger charge is 2.37. The zero-order chi connectivity index (χ0) is 107. The first-order valence-electron chi connectivity index (χ1n) is 47.8. The minimum absolute atomic E-state index is 0.0101. The van der Waals surface area contributed by atoms with Crippen molar-refractivity contribution in [3.63, 3.8) is 0 Å². The molecule has 0 bridgehead atoms. The molecule has 0 amide bonds. The minimum Gasteiger partial charge on any atom is -0.290 e. The SMILES string of the molecule is CC(C)(C)c1nc2cc(Cl)ccc2c(=O)n1C(C)(C)C.CC(C)(C)c1nc2ccc(Cl)cc2c(=O)n1C(C)(C)C.CC(C)(C)c1nc2cccc(C#N)c2c(=O)n1C(C)(C)C.CC(C)(C)c1nc2cccc(Cl)c2c(=O)n1C(C)(C)C.CC(C)(C)c1nc2cccc(F)c2c(=O)n1C(C)(C)C.CC(C)(C)c1nc2ccccc2c(=O)n1C(C)(C)C.Cc1cccc2nc(C(C)(C)C)n(C(C)(C)C)c(=O)c12. The van der Waals surface area contributed by atoms with E-state index in [4.69, 9.17) is 64.7 Å². The molecule has 0 spiro atoms. The molecule has 0 N–H and O–H groups in total. The summed E-state index contributed by atoms with van der Waals surface area (Å²) >= 11 is 18.2. The molecule has 140 heavy (non-hydrogen) atoms. The Morgan fingerprint density at radius 1 is 0.250 bits per heavy atom. The molecule has 0 fully saturated rings. The maximum atomic E-state index is 14.0. The Kier molecular flexibility index (Phi) is 32.8. The summed E-state index contributed by atoms with van der Waals surface area (Å²) in [5, 5.41) is 14.4. The monoisotopic (exact) mass is 1970 g/mol. The van der Waals surface area contributed by atoms with Crippen molar-refractivity contribution < 1.29 is 4.39 Å². The minimum atomic E-state index is -0.515. The van der Waals surface area contributed by atoms with Crippen LogP contribution < -0.4 is 38.9 Å². The van der Waals surface area contributed by atoms with Gasteiger partial charge in [0, 0.05) is 86.7 Å². The van der Waals surface area contributed by atoms with Gasteiger partial charge in [0.2, 0.25) is 0 Å². The fraction of sp³-hybridized carbons (Fsp3) is 0.500. The van der Waals surface area contributed by atoms with Gasteiger partial charge in [0.1, 0.15) is 58.0 Å². The third kappa shape index (κ3) is 25.6. The smallest absolute Gasteiger partial charge is 0.264 e. The molecule has 0 saturated heterocycles. The molecule has 0 unspecified atom stereocenters. The Bertz CT molecular complexity index is 7240. The van der Waals surface area contributed by atoms with Crippen LogP contribution >= 0.6 is 34.8 Å². The molecule has 7 aromatic carbocycles. The first-order chi connectivity index (χ1) is 63.3. The first-order valence-corrected chi connectivity index (χ1v) is 48.9. The van der Waals surface area contributed by atoms with E-state index < -0.39 is 16.9 Å². The number of aromatic nitrogens is 14. The van der Waals surface area contributed by atoms with Gasteiger partial charge in [0.05, 0.1) is 81.5 Å². The van der Waals surface area contributed by atoms with Gasteiger partial charge >= 0.3 is 0 Å². The summed E-state index contributed by atoms with van der Waals surface area (Å²) in [6.45, 7) is 87.4. The number of nitrogens with zero attached hydrogens (tertiary/aromatic N) is 15. The van der Waals surface area contributed by atoms with Crippen LogP contribution in [0.15, 0.2) is 167 Å². The van der Waals surface area contributed by atoms with Crippen LogP contribution in [0.4, 0.5) is 4.39 Å². The molecule has 0 aliphatic rings. The van der Waals surface area contributed by atoms with E-state index in [2.05, 4.69) is 136 Å². The van der Waals surface area contributed by atoms with Crippen LogP contribution in [-0.2, 0) is 76.7 Å². The predicted molar refractivity (Wildman–Crippen MR) is 582 cm³/mol. The van der Waals surface area contributed by atoms with Gasteiger partial charge in [-0.2, -0.15) is 5.26 Å². The van der Waals surface area contributed by atoms with Crippen LogP contribution in [0.25, 0.3) is 76.3 Å². The zero-order valence-electron chi connectivity index (χ0n) is 91.3. The maximum Gasteiger partial charge on any atom is 0.264 e. The number of aryl methyl sites for hydroxylation is 1. The van der Waals surface area contributed by atoms with Gasteiger partial charge in [-0.1, -0.05) is 223 Å². The summed E-state index contributed by atoms with van der Waals surface area (Å²) in [6, 6.07) is 41.2. The molecule has 0 saturated carbocycles. The van der Waals surface area contributed by atoms with Crippen LogP contribution in [0.1, 0.15) is 343 Å². The summed E-state index contributed by atoms with van der Waals surface area (Å²) in [4.78, 5) is 123. The van der Waals surface area contributed by atoms with Crippen LogP contribution in [0, 0.1) is 24.1 Å². The average Bonchev–Trinajstić information content (AvgIpc) is 0.764. The van der Waals surface area contributed by atoms with Crippen molar-refractivity contribution in [2.24, 2.45) is 0 Å². The van der Waals surface area contributed by atoms with Crippen molar-refractivity contribution in [1.29, 1.82) is 5.26 Å². The molecule has 7 heterocycles. The number of benzene rings is 7. The Labute approximate surface area is 841 Å². The summed E-state index contributed by atoms with van der Waals surface area (Å²) in [6.07, 6.45) is 0. The molecule has 0 aliphatic heterocycles. The van der Waals surface area contributed by atoms with Gasteiger partial charge in [-0.25, -0.2) is 39.3 Å². The van der Waals surface area contributed by atoms with Crippen molar-refractivity contribution in [2.45, 2.75) is 374 Å². The van der Waals surface area contributed by atoms with Crippen molar-refractivity contribution in [2.75, 3.05) is 0 Å². The fourth-order valence-corrected chi connectivity index (χ4v) is 17.0. The van der Waals surface area contributed by atoms with Gasteiger partial charge in [0.25, 0.3) is 38.9 Å². The molecule has 14 aromatic rings. The van der Waals surface area contributed by atoms with Crippen molar-refractivity contribution in [1.82, 2.24) is 66.9 Å². The topological polar surface area (TPSA) is 268 Å². The highest BCUT2D eigenvalue weighted by atomic mass is 35.5. The van der Waals surface area contributed by atoms with Gasteiger partial charge in [-0.05, 0) is 249 Å². The zero-order valence-corrected chi connectivity index (χ0v) is 93.5. The van der Waals surface area contributed by atoms with Gasteiger partial charge in [0.15, 0.2) is 0 Å². The molecule has 26 heteroatoms. The van der Waals surface area contributed by atoms with E-state index >= 15 is 0 Å². The number of hydrogen-bond acceptors (Lipinski definition) is 15. The molecular formula is C114H151Cl3FN15O7. The van der Waals surface area contributed by atoms with Crippen LogP contribution in [0.5, 0.6) is 0 Å². The number of hydrogen-bond donors (Lipinski definition) is 0. The van der Waals surface area contributed by atoms with E-state index in [1.54, 1.807) is 95.6 Å².